The number of thiophene rings is 2. The normalized spacial score (nSPS) is 12.5. The largest absolute Gasteiger partial charge is 0.469 e. The number of amides is 1. The third-order valence-corrected chi connectivity index (χ3v) is 6.16. The van der Waals surface area contributed by atoms with Crippen molar-refractivity contribution in [2.24, 2.45) is 5.92 Å². The number of ether oxygens (including phenoxy) is 1. The van der Waals surface area contributed by atoms with Gasteiger partial charge in [0.25, 0.3) is 5.91 Å². The molecular formula is C17H17NO3S2. The fraction of sp³-hybridized carbons (Fsp3) is 0.294. The zero-order valence-corrected chi connectivity index (χ0v) is 14.8. The lowest BCUT2D eigenvalue weighted by Gasteiger charge is -2.19. The van der Waals surface area contributed by atoms with Crippen LogP contribution >= 0.6 is 22.7 Å². The third kappa shape index (κ3) is 2.96. The first kappa shape index (κ1) is 16.0. The highest BCUT2D eigenvalue weighted by molar-refractivity contribution is 7.33. The molecule has 3 rings (SSSR count). The van der Waals surface area contributed by atoms with Crippen LogP contribution in [0.1, 0.15) is 16.6 Å². The van der Waals surface area contributed by atoms with Crippen molar-refractivity contribution in [3.05, 3.63) is 35.2 Å². The zero-order valence-electron chi connectivity index (χ0n) is 13.2. The van der Waals surface area contributed by atoms with Crippen molar-refractivity contribution >= 4 is 54.0 Å². The van der Waals surface area contributed by atoms with E-state index in [2.05, 4.69) is 12.1 Å². The number of fused-ring (bicyclic) bond motifs is 3. The number of hydrogen-bond donors (Lipinski definition) is 0. The van der Waals surface area contributed by atoms with Crippen molar-refractivity contribution in [3.8, 4) is 0 Å². The number of rotatable bonds is 4. The first-order valence-corrected chi connectivity index (χ1v) is 8.89. The summed E-state index contributed by atoms with van der Waals surface area (Å²) in [5.41, 5.74) is 0. The Morgan fingerprint density at radius 3 is 2.70 bits per heavy atom. The Morgan fingerprint density at radius 1 is 1.22 bits per heavy atom. The van der Waals surface area contributed by atoms with Gasteiger partial charge in [0.2, 0.25) is 0 Å². The van der Waals surface area contributed by atoms with Crippen LogP contribution < -0.4 is 0 Å². The molecule has 6 heteroatoms. The van der Waals surface area contributed by atoms with E-state index in [-0.39, 0.29) is 17.8 Å². The predicted octanol–water partition coefficient (Wildman–Crippen LogP) is 4.00. The molecule has 2 heterocycles. The Kier molecular flexibility index (Phi) is 4.37. The van der Waals surface area contributed by atoms with Gasteiger partial charge in [-0.2, -0.15) is 0 Å². The highest BCUT2D eigenvalue weighted by Gasteiger charge is 2.21. The number of methoxy groups -OCH3 is 1. The maximum Gasteiger partial charge on any atom is 0.310 e. The summed E-state index contributed by atoms with van der Waals surface area (Å²) in [6.07, 6.45) is 0. The smallest absolute Gasteiger partial charge is 0.310 e. The number of nitrogens with zero attached hydrogens (tertiary/aromatic N) is 1. The Hall–Kier alpha value is -1.92. The molecule has 23 heavy (non-hydrogen) atoms. The van der Waals surface area contributed by atoms with Crippen LogP contribution in [-0.2, 0) is 9.53 Å². The lowest BCUT2D eigenvalue weighted by atomic mass is 10.1. The summed E-state index contributed by atoms with van der Waals surface area (Å²) in [7, 11) is 3.08. The van der Waals surface area contributed by atoms with E-state index < -0.39 is 0 Å². The Morgan fingerprint density at radius 2 is 1.96 bits per heavy atom. The van der Waals surface area contributed by atoms with Gasteiger partial charge in [-0.15, -0.1) is 22.7 Å². The molecule has 3 aromatic rings. The highest BCUT2D eigenvalue weighted by Crippen LogP contribution is 2.39. The highest BCUT2D eigenvalue weighted by atomic mass is 32.1. The van der Waals surface area contributed by atoms with Crippen LogP contribution in [0.2, 0.25) is 0 Å². The van der Waals surface area contributed by atoms with Gasteiger partial charge in [-0.25, -0.2) is 0 Å². The molecule has 0 aliphatic rings. The minimum atomic E-state index is -0.337. The van der Waals surface area contributed by atoms with E-state index in [1.807, 2.05) is 18.2 Å². The summed E-state index contributed by atoms with van der Waals surface area (Å²) in [5.74, 6) is -0.697. The van der Waals surface area contributed by atoms with Gasteiger partial charge in [0, 0.05) is 28.4 Å². The van der Waals surface area contributed by atoms with Crippen LogP contribution in [0, 0.1) is 5.92 Å². The molecule has 0 spiro atoms. The molecule has 0 radical (unpaired) electrons. The minimum Gasteiger partial charge on any atom is -0.469 e. The molecule has 1 atom stereocenters. The number of esters is 1. The quantitative estimate of drug-likeness (QED) is 0.670. The molecule has 1 aromatic carbocycles. The average Bonchev–Trinajstić information content (AvgIpc) is 3.10. The van der Waals surface area contributed by atoms with E-state index in [1.165, 1.54) is 28.5 Å². The van der Waals surface area contributed by atoms with Crippen LogP contribution in [0.5, 0.6) is 0 Å². The summed E-state index contributed by atoms with van der Waals surface area (Å²) in [4.78, 5) is 26.4. The molecule has 0 saturated heterocycles. The number of hydrogen-bond acceptors (Lipinski definition) is 5. The summed E-state index contributed by atoms with van der Waals surface area (Å²) >= 11 is 3.21. The second-order valence-corrected chi connectivity index (χ2v) is 7.65. The average molecular weight is 347 g/mol. The Balaban J connectivity index is 1.84. The van der Waals surface area contributed by atoms with Crippen molar-refractivity contribution in [2.75, 3.05) is 20.7 Å². The van der Waals surface area contributed by atoms with Gasteiger partial charge in [-0.3, -0.25) is 9.59 Å². The van der Waals surface area contributed by atoms with Crippen molar-refractivity contribution in [1.29, 1.82) is 0 Å². The van der Waals surface area contributed by atoms with Crippen LogP contribution in [0.3, 0.4) is 0 Å². The number of carbonyl (C=O) groups is 2. The molecule has 0 aliphatic carbocycles. The van der Waals surface area contributed by atoms with Gasteiger partial charge in [0.05, 0.1) is 22.6 Å². The maximum atomic E-state index is 12.6. The topological polar surface area (TPSA) is 46.6 Å². The van der Waals surface area contributed by atoms with Gasteiger partial charge in [-0.05, 0) is 12.1 Å². The lowest BCUT2D eigenvalue weighted by molar-refractivity contribution is -0.145. The maximum absolute atomic E-state index is 12.6. The monoisotopic (exact) mass is 347 g/mol. The standard InChI is InChI=1S/C17H17NO3S2/c1-10(17(20)21-3)9-18(2)16(19)14-8-13-15(23-14)11-6-4-5-7-12(11)22-13/h4-8,10H,9H2,1-3H3. The molecule has 120 valence electrons. The number of benzene rings is 1. The van der Waals surface area contributed by atoms with Crippen molar-refractivity contribution in [3.63, 3.8) is 0 Å². The van der Waals surface area contributed by atoms with Crippen molar-refractivity contribution in [1.82, 2.24) is 4.90 Å². The van der Waals surface area contributed by atoms with E-state index in [0.717, 1.165) is 9.40 Å². The lowest BCUT2D eigenvalue weighted by Crippen LogP contribution is -2.33. The summed E-state index contributed by atoms with van der Waals surface area (Å²) in [5, 5.41) is 1.20. The van der Waals surface area contributed by atoms with Gasteiger partial charge in [-0.1, -0.05) is 25.1 Å². The predicted molar refractivity (Wildman–Crippen MR) is 95.3 cm³/mol. The zero-order chi connectivity index (χ0) is 16.6. The molecule has 0 aliphatic heterocycles. The van der Waals surface area contributed by atoms with Crippen molar-refractivity contribution in [2.45, 2.75) is 6.92 Å². The van der Waals surface area contributed by atoms with Crippen LogP contribution in [0.4, 0.5) is 0 Å². The SMILES string of the molecule is COC(=O)C(C)CN(C)C(=O)c1cc2sc3ccccc3c2s1. The molecule has 2 aromatic heterocycles. The molecule has 0 fully saturated rings. The number of carbonyl (C=O) groups excluding carboxylic acids is 2. The third-order valence-electron chi connectivity index (χ3n) is 3.76. The first-order valence-electron chi connectivity index (χ1n) is 7.25. The van der Waals surface area contributed by atoms with Gasteiger partial charge in [0.15, 0.2) is 0 Å². The van der Waals surface area contributed by atoms with E-state index in [1.54, 1.807) is 30.2 Å². The van der Waals surface area contributed by atoms with Crippen LogP contribution in [-0.4, -0.2) is 37.5 Å². The molecular weight excluding hydrogens is 330 g/mol. The second kappa shape index (κ2) is 6.29. The van der Waals surface area contributed by atoms with Gasteiger partial charge in [0.1, 0.15) is 0 Å². The molecule has 1 unspecified atom stereocenters. The van der Waals surface area contributed by atoms with Crippen molar-refractivity contribution < 1.29 is 14.3 Å². The van der Waals surface area contributed by atoms with E-state index in [4.69, 9.17) is 4.74 Å². The molecule has 4 nitrogen and oxygen atoms in total. The van der Waals surface area contributed by atoms with Gasteiger partial charge < -0.3 is 9.64 Å². The Bertz CT molecular complexity index is 880. The Labute approximate surface area is 142 Å². The van der Waals surface area contributed by atoms with E-state index >= 15 is 0 Å². The summed E-state index contributed by atoms with van der Waals surface area (Å²) < 4.78 is 8.24. The first-order chi connectivity index (χ1) is 11.0. The summed E-state index contributed by atoms with van der Waals surface area (Å²) in [6, 6.07) is 10.2. The van der Waals surface area contributed by atoms with E-state index in [0.29, 0.717) is 11.4 Å². The molecule has 0 N–H and O–H groups in total. The summed E-state index contributed by atoms with van der Waals surface area (Å²) in [6.45, 7) is 2.11. The molecule has 1 amide bonds. The fourth-order valence-electron chi connectivity index (χ4n) is 2.56. The molecule has 0 saturated carbocycles. The second-order valence-electron chi connectivity index (χ2n) is 5.51. The molecule has 0 bridgehead atoms. The fourth-order valence-corrected chi connectivity index (χ4v) is 5.08. The van der Waals surface area contributed by atoms with Gasteiger partial charge >= 0.3 is 5.97 Å². The van der Waals surface area contributed by atoms with E-state index in [9.17, 15) is 9.59 Å². The van der Waals surface area contributed by atoms with Crippen LogP contribution in [0.15, 0.2) is 30.3 Å². The minimum absolute atomic E-state index is 0.0572. The van der Waals surface area contributed by atoms with Crippen LogP contribution in [0.25, 0.3) is 19.5 Å².